The van der Waals surface area contributed by atoms with E-state index in [-0.39, 0.29) is 0 Å². The first kappa shape index (κ1) is 7.50. The van der Waals surface area contributed by atoms with Crippen LogP contribution in [0.5, 0.6) is 0 Å². The molecular weight excluding hydrogens is 130 g/mol. The predicted molar refractivity (Wildman–Crippen MR) is 39.9 cm³/mol. The van der Waals surface area contributed by atoms with Gasteiger partial charge in [-0.15, -0.1) is 0 Å². The van der Waals surface area contributed by atoms with Crippen LogP contribution in [0.4, 0.5) is 0 Å². The maximum Gasteiger partial charge on any atom is 0.106 e. The molecule has 0 aromatic heterocycles. The molecule has 1 fully saturated rings. The first-order valence-corrected chi connectivity index (χ1v) is 3.39. The van der Waals surface area contributed by atoms with Gasteiger partial charge in [0.2, 0.25) is 0 Å². The fourth-order valence-corrected chi connectivity index (χ4v) is 1.06. The largest absolute Gasteiger partial charge is 0.399 e. The Labute approximate surface area is 60.4 Å². The van der Waals surface area contributed by atoms with Crippen molar-refractivity contribution < 1.29 is 4.84 Å². The lowest BCUT2D eigenvalue weighted by molar-refractivity contribution is 0.212. The summed E-state index contributed by atoms with van der Waals surface area (Å²) in [4.78, 5) is 4.63. The van der Waals surface area contributed by atoms with Crippen molar-refractivity contribution in [1.29, 1.82) is 0 Å². The lowest BCUT2D eigenvalue weighted by Gasteiger charge is -2.01. The van der Waals surface area contributed by atoms with Crippen LogP contribution in [-0.2, 0) is 4.84 Å². The Kier molecular flexibility index (Phi) is 2.65. The third-order valence-electron chi connectivity index (χ3n) is 1.58. The van der Waals surface area contributed by atoms with Crippen LogP contribution in [0.1, 0.15) is 6.42 Å². The van der Waals surface area contributed by atoms with Crippen molar-refractivity contribution in [2.45, 2.75) is 12.5 Å². The Balaban J connectivity index is 2.35. The molecule has 1 unspecified atom stereocenters. The van der Waals surface area contributed by atoms with Gasteiger partial charge in [0.15, 0.2) is 0 Å². The van der Waals surface area contributed by atoms with Gasteiger partial charge < -0.3 is 15.9 Å². The third kappa shape index (κ3) is 1.68. The molecule has 3 N–H and O–H groups in total. The van der Waals surface area contributed by atoms with Crippen LogP contribution in [0.2, 0.25) is 0 Å². The zero-order chi connectivity index (χ0) is 7.40. The number of hydrogen-bond acceptors (Lipinski definition) is 4. The van der Waals surface area contributed by atoms with E-state index in [0.29, 0.717) is 12.6 Å². The van der Waals surface area contributed by atoms with Gasteiger partial charge in [-0.1, -0.05) is 5.16 Å². The van der Waals surface area contributed by atoms with E-state index < -0.39 is 0 Å². The summed E-state index contributed by atoms with van der Waals surface area (Å²) in [5, 5.41) is 7.03. The molecule has 1 atom stereocenters. The minimum Gasteiger partial charge on any atom is -0.399 e. The maximum atomic E-state index is 5.43. The van der Waals surface area contributed by atoms with Gasteiger partial charge in [-0.3, -0.25) is 0 Å². The molecule has 0 radical (unpaired) electrons. The summed E-state index contributed by atoms with van der Waals surface area (Å²) in [6.45, 7) is 1.48. The maximum absolute atomic E-state index is 5.43. The van der Waals surface area contributed by atoms with Gasteiger partial charge in [-0.05, 0) is 0 Å². The second-order valence-electron chi connectivity index (χ2n) is 2.36. The van der Waals surface area contributed by atoms with E-state index in [1.54, 1.807) is 7.11 Å². The Morgan fingerprint density at radius 2 is 2.70 bits per heavy atom. The van der Waals surface area contributed by atoms with Crippen molar-refractivity contribution in [3.8, 4) is 0 Å². The molecule has 0 spiro atoms. The Bertz CT molecular complexity index is 135. The zero-order valence-electron chi connectivity index (χ0n) is 6.13. The Morgan fingerprint density at radius 1 is 1.90 bits per heavy atom. The van der Waals surface area contributed by atoms with Crippen molar-refractivity contribution in [2.24, 2.45) is 10.9 Å². The molecule has 1 heterocycles. The quantitative estimate of drug-likeness (QED) is 0.503. The third-order valence-corrected chi connectivity index (χ3v) is 1.58. The first-order valence-electron chi connectivity index (χ1n) is 3.39. The van der Waals surface area contributed by atoms with Crippen LogP contribution in [0.25, 0.3) is 0 Å². The Morgan fingerprint density at radius 3 is 3.20 bits per heavy atom. The molecular formula is C6H13N3O. The molecule has 0 aromatic carbocycles. The highest BCUT2D eigenvalue weighted by atomic mass is 16.6. The standard InChI is InChI=1S/C6H13N3O/c1-10-9-6-2-5(3-7)8-4-6/h5,8H,2-4,7H2,1H3/b9-6-. The van der Waals surface area contributed by atoms with Gasteiger partial charge >= 0.3 is 0 Å². The minimum absolute atomic E-state index is 0.397. The van der Waals surface area contributed by atoms with Crippen molar-refractivity contribution in [3.05, 3.63) is 0 Å². The number of nitrogens with two attached hydrogens (primary N) is 1. The van der Waals surface area contributed by atoms with E-state index in [9.17, 15) is 0 Å². The SMILES string of the molecule is CO/N=C1\CNC(CN)C1. The lowest BCUT2D eigenvalue weighted by atomic mass is 10.2. The van der Waals surface area contributed by atoms with Gasteiger partial charge in [0.05, 0.1) is 5.71 Å². The number of nitrogens with one attached hydrogen (secondary N) is 1. The van der Waals surface area contributed by atoms with E-state index in [0.717, 1.165) is 18.7 Å². The molecule has 0 aliphatic carbocycles. The molecule has 1 saturated heterocycles. The normalized spacial score (nSPS) is 29.4. The molecule has 0 saturated carbocycles. The number of rotatable bonds is 2. The zero-order valence-corrected chi connectivity index (χ0v) is 6.13. The smallest absolute Gasteiger partial charge is 0.106 e. The van der Waals surface area contributed by atoms with Crippen molar-refractivity contribution in [1.82, 2.24) is 5.32 Å². The molecule has 4 nitrogen and oxygen atoms in total. The van der Waals surface area contributed by atoms with Gasteiger partial charge in [0.25, 0.3) is 0 Å². The van der Waals surface area contributed by atoms with Crippen LogP contribution in [0.3, 0.4) is 0 Å². The topological polar surface area (TPSA) is 59.6 Å². The van der Waals surface area contributed by atoms with E-state index in [4.69, 9.17) is 5.73 Å². The molecule has 0 aromatic rings. The summed E-state index contributed by atoms with van der Waals surface area (Å²) in [6, 6.07) is 0.397. The highest BCUT2D eigenvalue weighted by Gasteiger charge is 2.18. The van der Waals surface area contributed by atoms with Crippen LogP contribution >= 0.6 is 0 Å². The molecule has 0 amide bonds. The summed E-state index contributed by atoms with van der Waals surface area (Å²) in [5.74, 6) is 0. The summed E-state index contributed by atoms with van der Waals surface area (Å²) in [5.41, 5.74) is 6.49. The van der Waals surface area contributed by atoms with Crippen LogP contribution in [0, 0.1) is 0 Å². The number of hydrogen-bond donors (Lipinski definition) is 2. The molecule has 1 aliphatic rings. The average Bonchev–Trinajstić information content (AvgIpc) is 2.37. The van der Waals surface area contributed by atoms with E-state index in [1.807, 2.05) is 0 Å². The van der Waals surface area contributed by atoms with Crippen molar-refractivity contribution in [3.63, 3.8) is 0 Å². The first-order chi connectivity index (χ1) is 4.86. The number of nitrogens with zero attached hydrogens (tertiary/aromatic N) is 1. The summed E-state index contributed by atoms with van der Waals surface area (Å²) >= 11 is 0. The predicted octanol–water partition coefficient (Wildman–Crippen LogP) is -0.691. The van der Waals surface area contributed by atoms with Crippen LogP contribution in [0.15, 0.2) is 5.16 Å². The number of oxime groups is 1. The van der Waals surface area contributed by atoms with E-state index in [1.165, 1.54) is 0 Å². The van der Waals surface area contributed by atoms with Gasteiger partial charge in [-0.25, -0.2) is 0 Å². The molecule has 58 valence electrons. The average molecular weight is 143 g/mol. The monoisotopic (exact) mass is 143 g/mol. The van der Waals surface area contributed by atoms with E-state index in [2.05, 4.69) is 15.3 Å². The summed E-state index contributed by atoms with van der Waals surface area (Å²) in [6.07, 6.45) is 0.921. The fourth-order valence-electron chi connectivity index (χ4n) is 1.06. The molecule has 1 aliphatic heterocycles. The molecule has 4 heteroatoms. The van der Waals surface area contributed by atoms with Gasteiger partial charge in [-0.2, -0.15) is 0 Å². The van der Waals surface area contributed by atoms with Gasteiger partial charge in [0.1, 0.15) is 7.11 Å². The molecule has 1 rings (SSSR count). The fraction of sp³-hybridized carbons (Fsp3) is 0.833. The second-order valence-corrected chi connectivity index (χ2v) is 2.36. The highest BCUT2D eigenvalue weighted by molar-refractivity contribution is 5.88. The minimum atomic E-state index is 0.397. The Hall–Kier alpha value is -0.610. The summed E-state index contributed by atoms with van der Waals surface area (Å²) < 4.78 is 0. The molecule has 0 bridgehead atoms. The summed E-state index contributed by atoms with van der Waals surface area (Å²) in [7, 11) is 1.56. The van der Waals surface area contributed by atoms with Crippen LogP contribution < -0.4 is 11.1 Å². The highest BCUT2D eigenvalue weighted by Crippen LogP contribution is 2.01. The van der Waals surface area contributed by atoms with Crippen LogP contribution in [-0.4, -0.2) is 32.0 Å². The van der Waals surface area contributed by atoms with Crippen molar-refractivity contribution in [2.75, 3.05) is 20.2 Å². The molecule has 10 heavy (non-hydrogen) atoms. The van der Waals surface area contributed by atoms with Crippen molar-refractivity contribution >= 4 is 5.71 Å². The lowest BCUT2D eigenvalue weighted by Crippen LogP contribution is -2.29. The van der Waals surface area contributed by atoms with E-state index >= 15 is 0 Å². The second kappa shape index (κ2) is 3.53. The van der Waals surface area contributed by atoms with Gasteiger partial charge in [0, 0.05) is 25.6 Å².